The van der Waals surface area contributed by atoms with Gasteiger partial charge < -0.3 is 10.5 Å². The molecular formula is C23H24Cl2N2O. The van der Waals surface area contributed by atoms with E-state index in [1.807, 2.05) is 18.2 Å². The first kappa shape index (κ1) is 19.6. The van der Waals surface area contributed by atoms with Gasteiger partial charge in [-0.1, -0.05) is 35.0 Å². The molecule has 2 aromatic carbocycles. The topological polar surface area (TPSA) is 38.5 Å². The fourth-order valence-corrected chi connectivity index (χ4v) is 3.70. The van der Waals surface area contributed by atoms with Crippen LogP contribution in [-0.2, 0) is 6.54 Å². The lowest BCUT2D eigenvalue weighted by Crippen LogP contribution is -2.29. The maximum absolute atomic E-state index is 6.06. The highest BCUT2D eigenvalue weighted by Gasteiger charge is 2.38. The molecule has 0 atom stereocenters. The lowest BCUT2D eigenvalue weighted by molar-refractivity contribution is 0.259. The van der Waals surface area contributed by atoms with Crippen LogP contribution in [0.5, 0.6) is 11.5 Å². The number of nitrogens with zero attached hydrogens (tertiary/aromatic N) is 1. The summed E-state index contributed by atoms with van der Waals surface area (Å²) in [5.74, 6) is 7.94. The molecule has 0 amide bonds. The van der Waals surface area contributed by atoms with Crippen molar-refractivity contribution >= 4 is 23.2 Å². The van der Waals surface area contributed by atoms with Gasteiger partial charge in [-0.15, -0.1) is 0 Å². The summed E-state index contributed by atoms with van der Waals surface area (Å²) >= 11 is 12.0. The van der Waals surface area contributed by atoms with E-state index in [0.29, 0.717) is 28.1 Å². The molecule has 5 heteroatoms. The van der Waals surface area contributed by atoms with E-state index < -0.39 is 0 Å². The number of hydrogen-bond donors (Lipinski definition) is 1. The number of nitrogens with two attached hydrogens (primary N) is 1. The number of rotatable bonds is 7. The van der Waals surface area contributed by atoms with Crippen LogP contribution < -0.4 is 10.5 Å². The molecule has 2 aliphatic rings. The van der Waals surface area contributed by atoms with Gasteiger partial charge in [0.15, 0.2) is 0 Å². The molecule has 3 nitrogen and oxygen atoms in total. The number of halogens is 2. The second-order valence-electron chi connectivity index (χ2n) is 7.46. The van der Waals surface area contributed by atoms with E-state index in [1.54, 1.807) is 18.2 Å². The Morgan fingerprint density at radius 3 is 2.39 bits per heavy atom. The van der Waals surface area contributed by atoms with Gasteiger partial charge in [-0.2, -0.15) is 0 Å². The van der Waals surface area contributed by atoms with Crippen LogP contribution in [-0.4, -0.2) is 23.5 Å². The second kappa shape index (κ2) is 8.76. The van der Waals surface area contributed by atoms with Gasteiger partial charge in [0.2, 0.25) is 0 Å². The van der Waals surface area contributed by atoms with Crippen LogP contribution in [0.25, 0.3) is 0 Å². The number of benzene rings is 2. The molecule has 2 saturated carbocycles. The van der Waals surface area contributed by atoms with Crippen molar-refractivity contribution in [2.24, 2.45) is 5.73 Å². The normalized spacial score (nSPS) is 16.0. The molecular weight excluding hydrogens is 391 g/mol. The molecule has 2 fully saturated rings. The highest BCUT2D eigenvalue weighted by atomic mass is 35.5. The largest absolute Gasteiger partial charge is 0.457 e. The SMILES string of the molecule is NCc1cc(C#CCCN(C2CC2)C2CC2)ccc1Oc1ccc(Cl)c(Cl)c1. The first-order valence-corrected chi connectivity index (χ1v) is 10.6. The van der Waals surface area contributed by atoms with E-state index in [0.717, 1.165) is 36.2 Å². The summed E-state index contributed by atoms with van der Waals surface area (Å²) in [7, 11) is 0. The minimum Gasteiger partial charge on any atom is -0.457 e. The molecule has 0 saturated heterocycles. The van der Waals surface area contributed by atoms with Crippen molar-refractivity contribution in [2.45, 2.75) is 50.7 Å². The molecule has 0 heterocycles. The van der Waals surface area contributed by atoms with Gasteiger partial charge in [0.05, 0.1) is 10.0 Å². The van der Waals surface area contributed by atoms with E-state index >= 15 is 0 Å². The molecule has 2 aliphatic carbocycles. The summed E-state index contributed by atoms with van der Waals surface area (Å²) in [5, 5.41) is 0.961. The average molecular weight is 415 g/mol. The first-order chi connectivity index (χ1) is 13.6. The lowest BCUT2D eigenvalue weighted by Gasteiger charge is -2.19. The standard InChI is InChI=1S/C23H24Cl2N2O/c24-21-10-9-20(14-22(21)25)28-23-11-4-16(13-17(23)15-26)3-1-2-12-27(18-5-6-18)19-7-8-19/h4,9-11,13-14,18-19H,2,5-8,12,15,26H2. The third-order valence-corrected chi connectivity index (χ3v) is 5.90. The van der Waals surface area contributed by atoms with Crippen molar-refractivity contribution in [3.63, 3.8) is 0 Å². The van der Waals surface area contributed by atoms with E-state index in [9.17, 15) is 0 Å². The van der Waals surface area contributed by atoms with Crippen molar-refractivity contribution in [3.05, 3.63) is 57.6 Å². The number of ether oxygens (including phenoxy) is 1. The molecule has 0 bridgehead atoms. The molecule has 2 aromatic rings. The van der Waals surface area contributed by atoms with Crippen molar-refractivity contribution in [1.82, 2.24) is 4.90 Å². The fraction of sp³-hybridized carbons (Fsp3) is 0.391. The smallest absolute Gasteiger partial charge is 0.131 e. The third-order valence-electron chi connectivity index (χ3n) is 5.16. The Morgan fingerprint density at radius 2 is 1.75 bits per heavy atom. The molecule has 4 rings (SSSR count). The minimum absolute atomic E-state index is 0.378. The molecule has 0 spiro atoms. The van der Waals surface area contributed by atoms with Crippen LogP contribution in [0, 0.1) is 11.8 Å². The first-order valence-electron chi connectivity index (χ1n) is 9.84. The van der Waals surface area contributed by atoms with Gasteiger partial charge in [-0.05, 0) is 56.0 Å². The molecule has 146 valence electrons. The van der Waals surface area contributed by atoms with E-state index in [2.05, 4.69) is 16.7 Å². The Labute approximate surface area is 176 Å². The van der Waals surface area contributed by atoms with Crippen LogP contribution in [0.15, 0.2) is 36.4 Å². The Morgan fingerprint density at radius 1 is 1.00 bits per heavy atom. The van der Waals surface area contributed by atoms with Crippen molar-refractivity contribution in [1.29, 1.82) is 0 Å². The highest BCUT2D eigenvalue weighted by molar-refractivity contribution is 6.42. The zero-order valence-corrected chi connectivity index (χ0v) is 17.3. The zero-order valence-electron chi connectivity index (χ0n) is 15.8. The van der Waals surface area contributed by atoms with Crippen LogP contribution in [0.4, 0.5) is 0 Å². The predicted molar refractivity (Wildman–Crippen MR) is 115 cm³/mol. The maximum Gasteiger partial charge on any atom is 0.131 e. The summed E-state index contributed by atoms with van der Waals surface area (Å²) in [6.07, 6.45) is 6.37. The Kier molecular flexibility index (Phi) is 6.13. The Bertz CT molecular complexity index is 899. The van der Waals surface area contributed by atoms with E-state index in [4.69, 9.17) is 33.7 Å². The summed E-state index contributed by atoms with van der Waals surface area (Å²) in [6, 6.07) is 12.7. The summed E-state index contributed by atoms with van der Waals surface area (Å²) in [6.45, 7) is 1.47. The molecule has 0 radical (unpaired) electrons. The van der Waals surface area contributed by atoms with Gasteiger partial charge in [0.1, 0.15) is 11.5 Å². The number of hydrogen-bond acceptors (Lipinski definition) is 3. The van der Waals surface area contributed by atoms with Crippen LogP contribution in [0.3, 0.4) is 0 Å². The Hall–Kier alpha value is -1.70. The van der Waals surface area contributed by atoms with Crippen molar-refractivity contribution in [3.8, 4) is 23.3 Å². The van der Waals surface area contributed by atoms with Gasteiger partial charge >= 0.3 is 0 Å². The minimum atomic E-state index is 0.378. The van der Waals surface area contributed by atoms with Crippen molar-refractivity contribution in [2.75, 3.05) is 6.54 Å². The Balaban J connectivity index is 1.39. The highest BCUT2D eigenvalue weighted by Crippen LogP contribution is 2.37. The molecule has 0 aromatic heterocycles. The van der Waals surface area contributed by atoms with E-state index in [-0.39, 0.29) is 0 Å². The van der Waals surface area contributed by atoms with Crippen LogP contribution in [0.1, 0.15) is 43.2 Å². The maximum atomic E-state index is 6.06. The third kappa shape index (κ3) is 5.01. The average Bonchev–Trinajstić information content (AvgIpc) is 3.59. The second-order valence-corrected chi connectivity index (χ2v) is 8.27. The van der Waals surface area contributed by atoms with Gasteiger partial charge in [0.25, 0.3) is 0 Å². The lowest BCUT2D eigenvalue weighted by atomic mass is 10.1. The molecule has 0 aliphatic heterocycles. The summed E-state index contributed by atoms with van der Waals surface area (Å²) in [4.78, 5) is 2.66. The van der Waals surface area contributed by atoms with E-state index in [1.165, 1.54) is 25.7 Å². The molecule has 28 heavy (non-hydrogen) atoms. The molecule has 2 N–H and O–H groups in total. The monoisotopic (exact) mass is 414 g/mol. The fourth-order valence-electron chi connectivity index (χ4n) is 3.41. The van der Waals surface area contributed by atoms with Crippen LogP contribution in [0.2, 0.25) is 10.0 Å². The molecule has 0 unspecified atom stereocenters. The van der Waals surface area contributed by atoms with Crippen LogP contribution >= 0.6 is 23.2 Å². The summed E-state index contributed by atoms with van der Waals surface area (Å²) in [5.41, 5.74) is 7.80. The van der Waals surface area contributed by atoms with Gasteiger partial charge in [0, 0.05) is 48.8 Å². The summed E-state index contributed by atoms with van der Waals surface area (Å²) < 4.78 is 5.94. The van der Waals surface area contributed by atoms with Gasteiger partial charge in [-0.25, -0.2) is 0 Å². The zero-order chi connectivity index (χ0) is 19.5. The van der Waals surface area contributed by atoms with Gasteiger partial charge in [-0.3, -0.25) is 4.90 Å². The quantitative estimate of drug-likeness (QED) is 0.597. The predicted octanol–water partition coefficient (Wildman–Crippen LogP) is 5.61. The van der Waals surface area contributed by atoms with Crippen molar-refractivity contribution < 1.29 is 4.74 Å².